The molecule has 0 unspecified atom stereocenters. The van der Waals surface area contributed by atoms with Gasteiger partial charge in [0.1, 0.15) is 0 Å². The molecule has 1 rings (SSSR count). The third kappa shape index (κ3) is 5.77. The lowest BCUT2D eigenvalue weighted by atomic mass is 10.5. The van der Waals surface area contributed by atoms with E-state index in [0.717, 1.165) is 6.26 Å². The number of imidazole rings is 1. The van der Waals surface area contributed by atoms with Gasteiger partial charge in [-0.3, -0.25) is 4.79 Å². The smallest absolute Gasteiger partial charge is 0.310 e. The van der Waals surface area contributed by atoms with Gasteiger partial charge in [-0.05, 0) is 0 Å². The normalized spacial score (nSPS) is 8.07. The Balaban J connectivity index is 0.000000241. The van der Waals surface area contributed by atoms with Crippen molar-refractivity contribution in [3.05, 3.63) is 38.1 Å². The van der Waals surface area contributed by atoms with E-state index < -0.39 is 0 Å². The molecule has 0 saturated carbocycles. The second-order valence-electron chi connectivity index (χ2n) is 2.20. The molecule has 1 aromatic rings. The third-order valence-corrected chi connectivity index (χ3v) is 1.24. The second kappa shape index (κ2) is 7.79. The number of rotatable bonds is 3. The summed E-state index contributed by atoms with van der Waals surface area (Å²) in [6, 6.07) is 0. The summed E-state index contributed by atoms with van der Waals surface area (Å²) in [5.74, 6) is -0.241. The maximum Gasteiger partial charge on any atom is 0.310 e. The van der Waals surface area contributed by atoms with Crippen LogP contribution in [0, 0.1) is 0 Å². The van der Waals surface area contributed by atoms with Gasteiger partial charge in [-0.1, -0.05) is 20.1 Å². The Bertz CT molecular complexity index is 278. The van der Waals surface area contributed by atoms with E-state index in [9.17, 15) is 4.79 Å². The lowest BCUT2D eigenvalue weighted by Gasteiger charge is -1.88. The van der Waals surface area contributed by atoms with E-state index in [1.807, 2.05) is 6.20 Å². The molecule has 0 aliphatic heterocycles. The summed E-state index contributed by atoms with van der Waals surface area (Å²) in [7, 11) is 0. The lowest BCUT2D eigenvalue weighted by molar-refractivity contribution is -0.137. The third-order valence-electron chi connectivity index (χ3n) is 1.24. The Morgan fingerprint density at radius 1 is 1.64 bits per heavy atom. The monoisotopic (exact) mass is 194 g/mol. The molecule has 1 aromatic heterocycles. The van der Waals surface area contributed by atoms with E-state index in [-0.39, 0.29) is 5.97 Å². The van der Waals surface area contributed by atoms with Crippen molar-refractivity contribution in [3.63, 3.8) is 0 Å². The van der Waals surface area contributed by atoms with Gasteiger partial charge in [0.2, 0.25) is 0 Å². The van der Waals surface area contributed by atoms with Gasteiger partial charge in [-0.2, -0.15) is 0 Å². The highest BCUT2D eigenvalue weighted by atomic mass is 16.5. The molecule has 0 aromatic carbocycles. The number of hydrogen-bond donors (Lipinski definition) is 0. The predicted molar refractivity (Wildman–Crippen MR) is 55.2 cm³/mol. The summed E-state index contributed by atoms with van der Waals surface area (Å²) in [6.07, 6.45) is 8.45. The Labute approximate surface area is 83.5 Å². The molecule has 14 heavy (non-hydrogen) atoms. The number of carbonyl (C=O) groups is 1. The van der Waals surface area contributed by atoms with Crippen molar-refractivity contribution in [2.75, 3.05) is 0 Å². The van der Waals surface area contributed by atoms with Crippen LogP contribution in [0.2, 0.25) is 0 Å². The van der Waals surface area contributed by atoms with Crippen LogP contribution in [0.1, 0.15) is 13.3 Å². The minimum absolute atomic E-state index is 0.241. The van der Waals surface area contributed by atoms with Crippen molar-refractivity contribution in [3.8, 4) is 0 Å². The first-order valence-electron chi connectivity index (χ1n) is 4.15. The van der Waals surface area contributed by atoms with Crippen LogP contribution in [0.5, 0.6) is 0 Å². The van der Waals surface area contributed by atoms with Gasteiger partial charge < -0.3 is 9.30 Å². The first kappa shape index (κ1) is 12.2. The molecule has 0 aliphatic carbocycles. The fraction of sp³-hybridized carbons (Fsp3) is 0.200. The summed E-state index contributed by atoms with van der Waals surface area (Å²) in [4.78, 5) is 13.9. The van der Waals surface area contributed by atoms with Crippen molar-refractivity contribution in [2.24, 2.45) is 0 Å². The first-order chi connectivity index (χ1) is 6.74. The van der Waals surface area contributed by atoms with Crippen molar-refractivity contribution in [2.45, 2.75) is 13.3 Å². The van der Waals surface area contributed by atoms with Gasteiger partial charge in [-0.15, -0.1) is 0 Å². The Hall–Kier alpha value is -1.84. The van der Waals surface area contributed by atoms with E-state index in [2.05, 4.69) is 22.9 Å². The van der Waals surface area contributed by atoms with Gasteiger partial charge in [-0.25, -0.2) is 4.98 Å². The van der Waals surface area contributed by atoms with E-state index in [0.29, 0.717) is 6.42 Å². The molecular formula is C10H14N2O2. The molecule has 0 radical (unpaired) electrons. The molecule has 0 bridgehead atoms. The van der Waals surface area contributed by atoms with Gasteiger partial charge in [0.25, 0.3) is 0 Å². The summed E-state index contributed by atoms with van der Waals surface area (Å²) >= 11 is 0. The van der Waals surface area contributed by atoms with E-state index in [1.54, 1.807) is 30.2 Å². The van der Waals surface area contributed by atoms with Gasteiger partial charge >= 0.3 is 5.97 Å². The van der Waals surface area contributed by atoms with Crippen LogP contribution in [0.15, 0.2) is 38.1 Å². The topological polar surface area (TPSA) is 44.1 Å². The molecular weight excluding hydrogens is 180 g/mol. The standard InChI is InChI=1S/C5H6N2.C5H8O2/c1-2-7-4-3-6-5-7;1-3-5(6)7-4-2/h2-5H,1H2;4H,2-3H2,1H3. The average molecular weight is 194 g/mol. The zero-order valence-corrected chi connectivity index (χ0v) is 8.22. The summed E-state index contributed by atoms with van der Waals surface area (Å²) < 4.78 is 6.09. The minimum atomic E-state index is -0.241. The van der Waals surface area contributed by atoms with Crippen LogP contribution < -0.4 is 0 Å². The largest absolute Gasteiger partial charge is 0.435 e. The second-order valence-corrected chi connectivity index (χ2v) is 2.20. The first-order valence-corrected chi connectivity index (χ1v) is 4.15. The van der Waals surface area contributed by atoms with Crippen LogP contribution >= 0.6 is 0 Å². The number of nitrogens with zero attached hydrogens (tertiary/aromatic N) is 2. The van der Waals surface area contributed by atoms with Crippen LogP contribution in [-0.4, -0.2) is 15.5 Å². The Morgan fingerprint density at radius 3 is 2.57 bits per heavy atom. The molecule has 0 spiro atoms. The SMILES string of the molecule is C=COC(=O)CC.C=Cn1ccnc1. The number of carbonyl (C=O) groups excluding carboxylic acids is 1. The molecule has 76 valence electrons. The van der Waals surface area contributed by atoms with Crippen molar-refractivity contribution >= 4 is 12.2 Å². The average Bonchev–Trinajstić information content (AvgIpc) is 2.71. The van der Waals surface area contributed by atoms with E-state index in [4.69, 9.17) is 0 Å². The fourth-order valence-electron chi connectivity index (χ4n) is 0.554. The van der Waals surface area contributed by atoms with Gasteiger partial charge in [0.15, 0.2) is 0 Å². The minimum Gasteiger partial charge on any atom is -0.435 e. The highest BCUT2D eigenvalue weighted by molar-refractivity contribution is 5.69. The zero-order chi connectivity index (χ0) is 10.8. The van der Waals surface area contributed by atoms with Crippen molar-refractivity contribution in [1.29, 1.82) is 0 Å². The van der Waals surface area contributed by atoms with E-state index in [1.165, 1.54) is 0 Å². The summed E-state index contributed by atoms with van der Waals surface area (Å²) in [5, 5.41) is 0. The van der Waals surface area contributed by atoms with Gasteiger partial charge in [0.05, 0.1) is 12.6 Å². The molecule has 4 heteroatoms. The predicted octanol–water partition coefficient (Wildman–Crippen LogP) is 2.07. The molecule has 0 N–H and O–H groups in total. The van der Waals surface area contributed by atoms with Gasteiger partial charge in [0, 0.05) is 25.0 Å². The number of esters is 1. The van der Waals surface area contributed by atoms with Crippen LogP contribution in [-0.2, 0) is 9.53 Å². The number of aromatic nitrogens is 2. The van der Waals surface area contributed by atoms with Crippen LogP contribution in [0.25, 0.3) is 6.20 Å². The Kier molecular flexibility index (Phi) is 6.77. The number of ether oxygens (including phenoxy) is 1. The molecule has 0 amide bonds. The Morgan fingerprint density at radius 2 is 2.36 bits per heavy atom. The highest BCUT2D eigenvalue weighted by Gasteiger charge is 1.89. The molecule has 0 fully saturated rings. The molecule has 0 atom stereocenters. The zero-order valence-electron chi connectivity index (χ0n) is 8.22. The van der Waals surface area contributed by atoms with Crippen LogP contribution in [0.4, 0.5) is 0 Å². The molecule has 0 saturated heterocycles. The summed E-state index contributed by atoms with van der Waals surface area (Å²) in [5.41, 5.74) is 0. The van der Waals surface area contributed by atoms with E-state index >= 15 is 0 Å². The lowest BCUT2D eigenvalue weighted by Crippen LogP contribution is -1.94. The van der Waals surface area contributed by atoms with Crippen LogP contribution in [0.3, 0.4) is 0 Å². The highest BCUT2D eigenvalue weighted by Crippen LogP contribution is 1.81. The fourth-order valence-corrected chi connectivity index (χ4v) is 0.554. The quantitative estimate of drug-likeness (QED) is 0.546. The van der Waals surface area contributed by atoms with Crippen molar-refractivity contribution < 1.29 is 9.53 Å². The maximum atomic E-state index is 10.1. The summed E-state index contributed by atoms with van der Waals surface area (Å²) in [6.45, 7) is 8.46. The molecule has 4 nitrogen and oxygen atoms in total. The van der Waals surface area contributed by atoms with Crippen molar-refractivity contribution in [1.82, 2.24) is 9.55 Å². The maximum absolute atomic E-state index is 10.1. The molecule has 1 heterocycles. The molecule has 0 aliphatic rings. The number of hydrogen-bond acceptors (Lipinski definition) is 3.